The molecule has 0 spiro atoms. The summed E-state index contributed by atoms with van der Waals surface area (Å²) in [4.78, 5) is 0. The summed E-state index contributed by atoms with van der Waals surface area (Å²) in [7, 11) is 0. The molecule has 0 saturated heterocycles. The van der Waals surface area contributed by atoms with E-state index in [4.69, 9.17) is 4.74 Å². The van der Waals surface area contributed by atoms with Crippen LogP contribution >= 0.6 is 0 Å². The predicted molar refractivity (Wildman–Crippen MR) is 69.4 cm³/mol. The fraction of sp³-hybridized carbons (Fsp3) is 1.00. The fourth-order valence-electron chi connectivity index (χ4n) is 1.84. The smallest absolute Gasteiger partial charge is 1.00 e. The van der Waals surface area contributed by atoms with Crippen LogP contribution < -0.4 is 29.6 Å². The number of hydrogen-bond donors (Lipinski definition) is 0. The van der Waals surface area contributed by atoms with E-state index in [9.17, 15) is 0 Å². The van der Waals surface area contributed by atoms with Crippen molar-refractivity contribution in [3.8, 4) is 0 Å². The Morgan fingerprint density at radius 2 is 1.12 bits per heavy atom. The first-order valence-electron chi connectivity index (χ1n) is 6.99. The molecule has 0 aromatic carbocycles. The molecular formula is C14H31NaO. The van der Waals surface area contributed by atoms with Gasteiger partial charge in [-0.1, -0.05) is 64.7 Å². The quantitative estimate of drug-likeness (QED) is 0.373. The number of hydrogen-bond acceptors (Lipinski definition) is 1. The molecule has 0 N–H and O–H groups in total. The van der Waals surface area contributed by atoms with Crippen LogP contribution in [0.5, 0.6) is 0 Å². The zero-order valence-electron chi connectivity index (χ0n) is 12.9. The molecule has 0 amide bonds. The Morgan fingerprint density at radius 1 is 0.688 bits per heavy atom. The second kappa shape index (κ2) is 18.3. The van der Waals surface area contributed by atoms with Crippen LogP contribution in [0.25, 0.3) is 0 Å². The molecule has 0 heterocycles. The van der Waals surface area contributed by atoms with Crippen molar-refractivity contribution in [1.82, 2.24) is 0 Å². The molecule has 0 aliphatic heterocycles. The summed E-state index contributed by atoms with van der Waals surface area (Å²) in [6.45, 7) is 6.18. The Kier molecular flexibility index (Phi) is 22.1. The first kappa shape index (κ1) is 19.3. The van der Waals surface area contributed by atoms with Crippen molar-refractivity contribution in [3.63, 3.8) is 0 Å². The van der Waals surface area contributed by atoms with Gasteiger partial charge in [-0.15, -0.1) is 0 Å². The van der Waals surface area contributed by atoms with Crippen molar-refractivity contribution < 1.29 is 35.7 Å². The van der Waals surface area contributed by atoms with Crippen LogP contribution in [0, 0.1) is 0 Å². The molecule has 0 aliphatic carbocycles. The van der Waals surface area contributed by atoms with E-state index < -0.39 is 0 Å². The maximum atomic E-state index is 5.31. The maximum absolute atomic E-state index is 5.31. The Bertz CT molecular complexity index is 100. The van der Waals surface area contributed by atoms with Crippen LogP contribution in [-0.2, 0) is 4.74 Å². The second-order valence-corrected chi connectivity index (χ2v) is 4.38. The standard InChI is InChI=1S/C14H30O.Na.H/c1-3-5-6-7-8-9-10-11-12-13-14-15-4-2;;/h3-14H2,1-2H3;;/q;+1;-1. The van der Waals surface area contributed by atoms with Gasteiger partial charge in [-0.3, -0.25) is 0 Å². The van der Waals surface area contributed by atoms with Crippen molar-refractivity contribution in [2.75, 3.05) is 13.2 Å². The van der Waals surface area contributed by atoms with Gasteiger partial charge < -0.3 is 6.16 Å². The predicted octanol–water partition coefficient (Wildman–Crippen LogP) is 2.06. The molecule has 0 unspecified atom stereocenters. The van der Waals surface area contributed by atoms with Crippen LogP contribution in [-0.4, -0.2) is 13.2 Å². The van der Waals surface area contributed by atoms with E-state index in [1.807, 2.05) is 0 Å². The molecule has 94 valence electrons. The Hall–Kier alpha value is 0.960. The van der Waals surface area contributed by atoms with Gasteiger partial charge in [0.05, 0.1) is 0 Å². The third-order valence-electron chi connectivity index (χ3n) is 2.85. The van der Waals surface area contributed by atoms with E-state index in [1.165, 1.54) is 64.2 Å². The van der Waals surface area contributed by atoms with Crippen molar-refractivity contribution >= 4 is 0 Å². The molecule has 0 bridgehead atoms. The third-order valence-corrected chi connectivity index (χ3v) is 2.85. The zero-order valence-corrected chi connectivity index (χ0v) is 13.9. The van der Waals surface area contributed by atoms with E-state index in [1.54, 1.807) is 0 Å². The van der Waals surface area contributed by atoms with Gasteiger partial charge in [-0.2, -0.15) is 0 Å². The first-order valence-corrected chi connectivity index (χ1v) is 6.99. The fourth-order valence-corrected chi connectivity index (χ4v) is 1.84. The van der Waals surface area contributed by atoms with Crippen LogP contribution in [0.1, 0.15) is 79.5 Å². The average Bonchev–Trinajstić information content (AvgIpc) is 2.26. The largest absolute Gasteiger partial charge is 1.00 e. The Balaban J connectivity index is -0.000000980. The van der Waals surface area contributed by atoms with Gasteiger partial charge in [0.1, 0.15) is 0 Å². The molecule has 0 aromatic rings. The second-order valence-electron chi connectivity index (χ2n) is 4.38. The average molecular weight is 238 g/mol. The summed E-state index contributed by atoms with van der Waals surface area (Å²) < 4.78 is 5.31. The minimum absolute atomic E-state index is 0. The van der Waals surface area contributed by atoms with Gasteiger partial charge in [0.15, 0.2) is 0 Å². The maximum Gasteiger partial charge on any atom is 1.00 e. The normalized spacial score (nSPS) is 10.1. The molecular weight excluding hydrogens is 207 g/mol. The summed E-state index contributed by atoms with van der Waals surface area (Å²) in [5.74, 6) is 0. The SMILES string of the molecule is CCCCCCCCCCCCOCC.[H-].[Na+]. The summed E-state index contributed by atoms with van der Waals surface area (Å²) in [5, 5.41) is 0. The summed E-state index contributed by atoms with van der Waals surface area (Å²) in [5.41, 5.74) is 0. The number of unbranched alkanes of at least 4 members (excludes halogenated alkanes) is 9. The molecule has 0 atom stereocenters. The van der Waals surface area contributed by atoms with Gasteiger partial charge in [-0.25, -0.2) is 0 Å². The topological polar surface area (TPSA) is 9.23 Å². The zero-order chi connectivity index (χ0) is 11.2. The Morgan fingerprint density at radius 3 is 1.56 bits per heavy atom. The van der Waals surface area contributed by atoms with E-state index in [0.29, 0.717) is 0 Å². The van der Waals surface area contributed by atoms with Gasteiger partial charge >= 0.3 is 29.6 Å². The van der Waals surface area contributed by atoms with Crippen LogP contribution in [0.3, 0.4) is 0 Å². The molecule has 0 radical (unpaired) electrons. The van der Waals surface area contributed by atoms with E-state index >= 15 is 0 Å². The first-order chi connectivity index (χ1) is 7.41. The van der Waals surface area contributed by atoms with Crippen LogP contribution in [0.4, 0.5) is 0 Å². The van der Waals surface area contributed by atoms with Crippen molar-refractivity contribution in [2.45, 2.75) is 78.1 Å². The molecule has 0 fully saturated rings. The summed E-state index contributed by atoms with van der Waals surface area (Å²) in [6.07, 6.45) is 14.0. The molecule has 16 heavy (non-hydrogen) atoms. The van der Waals surface area contributed by atoms with Crippen molar-refractivity contribution in [2.24, 2.45) is 0 Å². The monoisotopic (exact) mass is 238 g/mol. The van der Waals surface area contributed by atoms with Crippen LogP contribution in [0.15, 0.2) is 0 Å². The molecule has 0 rings (SSSR count). The molecule has 0 aliphatic rings. The molecule has 0 saturated carbocycles. The van der Waals surface area contributed by atoms with Gasteiger partial charge in [0.2, 0.25) is 0 Å². The third kappa shape index (κ3) is 17.4. The van der Waals surface area contributed by atoms with Gasteiger partial charge in [-0.05, 0) is 13.3 Å². The van der Waals surface area contributed by atoms with E-state index in [0.717, 1.165) is 13.2 Å². The number of rotatable bonds is 12. The minimum atomic E-state index is 0. The van der Waals surface area contributed by atoms with Gasteiger partial charge in [0, 0.05) is 13.2 Å². The van der Waals surface area contributed by atoms with E-state index in [-0.39, 0.29) is 31.0 Å². The molecule has 1 nitrogen and oxygen atoms in total. The van der Waals surface area contributed by atoms with Crippen molar-refractivity contribution in [1.29, 1.82) is 0 Å². The Labute approximate surface area is 126 Å². The van der Waals surface area contributed by atoms with Gasteiger partial charge in [0.25, 0.3) is 0 Å². The van der Waals surface area contributed by atoms with Crippen molar-refractivity contribution in [3.05, 3.63) is 0 Å². The summed E-state index contributed by atoms with van der Waals surface area (Å²) >= 11 is 0. The summed E-state index contributed by atoms with van der Waals surface area (Å²) in [6, 6.07) is 0. The minimum Gasteiger partial charge on any atom is -1.00 e. The van der Waals surface area contributed by atoms with Crippen LogP contribution in [0.2, 0.25) is 0 Å². The van der Waals surface area contributed by atoms with E-state index in [2.05, 4.69) is 13.8 Å². The molecule has 2 heteroatoms. The molecule has 0 aromatic heterocycles. The number of ether oxygens (including phenoxy) is 1.